The zero-order valence-corrected chi connectivity index (χ0v) is 37.8. The summed E-state index contributed by atoms with van der Waals surface area (Å²) in [7, 11) is 0. The maximum atomic E-state index is 13.1. The summed E-state index contributed by atoms with van der Waals surface area (Å²) < 4.78 is 22.6. The van der Waals surface area contributed by atoms with Crippen LogP contribution in [0.5, 0.6) is 0 Å². The molecule has 2 heterocycles. The van der Waals surface area contributed by atoms with Gasteiger partial charge in [-0.1, -0.05) is 146 Å². The van der Waals surface area contributed by atoms with Crippen LogP contribution >= 0.6 is 0 Å². The lowest BCUT2D eigenvalue weighted by Gasteiger charge is -2.46. The van der Waals surface area contributed by atoms with E-state index >= 15 is 0 Å². The summed E-state index contributed by atoms with van der Waals surface area (Å²) in [5.74, 6) is -0.222. The highest BCUT2D eigenvalue weighted by Gasteiger charge is 2.51. The molecular formula is C48H85NO13. The van der Waals surface area contributed by atoms with Crippen molar-refractivity contribution in [3.8, 4) is 0 Å². The molecule has 12 atom stereocenters. The number of aliphatic hydroxyl groups is 8. The van der Waals surface area contributed by atoms with E-state index in [4.69, 9.17) is 18.9 Å². The minimum atomic E-state index is -1.78. The van der Waals surface area contributed by atoms with Crippen molar-refractivity contribution in [3.63, 3.8) is 0 Å². The molecule has 12 unspecified atom stereocenters. The summed E-state index contributed by atoms with van der Waals surface area (Å²) >= 11 is 0. The van der Waals surface area contributed by atoms with Crippen LogP contribution in [0.25, 0.3) is 0 Å². The molecule has 0 bridgehead atoms. The average Bonchev–Trinajstić information content (AvgIpc) is 3.27. The summed E-state index contributed by atoms with van der Waals surface area (Å²) in [4.78, 5) is 13.1. The fourth-order valence-corrected chi connectivity index (χ4v) is 7.64. The van der Waals surface area contributed by atoms with Gasteiger partial charge in [0.25, 0.3) is 0 Å². The van der Waals surface area contributed by atoms with Crippen LogP contribution in [0.4, 0.5) is 0 Å². The van der Waals surface area contributed by atoms with Gasteiger partial charge >= 0.3 is 0 Å². The van der Waals surface area contributed by atoms with Crippen LogP contribution < -0.4 is 5.32 Å². The molecule has 2 rings (SSSR count). The number of aliphatic hydroxyl groups excluding tert-OH is 8. The second-order valence-electron chi connectivity index (χ2n) is 16.9. The quantitative estimate of drug-likeness (QED) is 0.0291. The monoisotopic (exact) mass is 884 g/mol. The summed E-state index contributed by atoms with van der Waals surface area (Å²) in [5, 5.41) is 86.2. The standard InChI is InChI=1S/C48H85NO13/c1-3-5-7-9-10-11-12-13-14-15-16-17-18-19-20-21-22-23-24-25-26-28-30-32-40(53)49-36(37(52)31-29-27-8-6-4-2)35-59-47-45(58)43(56)46(39(34-51)61-47)62-48-44(57)42(55)41(54)38(33-50)60-48/h5,7,10-11,13-14,16-17,36-39,41-48,50-52,54-58H,3-4,6,8-9,12,15,18-35H2,1-2H3,(H,49,53)/b7-5-,11-10-,14-13-,17-16-. The Bertz CT molecular complexity index is 1230. The molecule has 2 fully saturated rings. The maximum Gasteiger partial charge on any atom is 0.220 e. The van der Waals surface area contributed by atoms with Crippen molar-refractivity contribution >= 4 is 5.91 Å². The number of rotatable bonds is 35. The van der Waals surface area contributed by atoms with E-state index in [1.165, 1.54) is 38.5 Å². The molecule has 1 amide bonds. The Hall–Kier alpha value is -2.05. The molecule has 0 aromatic heterocycles. The summed E-state index contributed by atoms with van der Waals surface area (Å²) in [5.41, 5.74) is 0. The first-order valence-corrected chi connectivity index (χ1v) is 23.9. The number of nitrogens with one attached hydrogen (secondary N) is 1. The predicted molar refractivity (Wildman–Crippen MR) is 240 cm³/mol. The third-order valence-electron chi connectivity index (χ3n) is 11.6. The van der Waals surface area contributed by atoms with Gasteiger partial charge < -0.3 is 65.1 Å². The van der Waals surface area contributed by atoms with E-state index in [-0.39, 0.29) is 12.5 Å². The number of hydrogen-bond donors (Lipinski definition) is 9. The summed E-state index contributed by atoms with van der Waals surface area (Å²) in [6.07, 6.45) is 23.2. The first-order chi connectivity index (χ1) is 30.1. The number of amides is 1. The number of carbonyl (C=O) groups excluding carboxylic acids is 1. The van der Waals surface area contributed by atoms with Crippen LogP contribution in [0.2, 0.25) is 0 Å². The first-order valence-electron chi connectivity index (χ1n) is 23.9. The molecular weight excluding hydrogens is 799 g/mol. The Morgan fingerprint density at radius 3 is 1.71 bits per heavy atom. The lowest BCUT2D eigenvalue weighted by molar-refractivity contribution is -0.359. The van der Waals surface area contributed by atoms with Crippen LogP contribution in [0, 0.1) is 0 Å². The van der Waals surface area contributed by atoms with Gasteiger partial charge in [0.1, 0.15) is 48.8 Å². The van der Waals surface area contributed by atoms with E-state index in [1.54, 1.807) is 0 Å². The van der Waals surface area contributed by atoms with Crippen molar-refractivity contribution in [2.75, 3.05) is 19.8 Å². The summed E-state index contributed by atoms with van der Waals surface area (Å²) in [6.45, 7) is 2.61. The van der Waals surface area contributed by atoms with E-state index in [0.29, 0.717) is 19.3 Å². The van der Waals surface area contributed by atoms with Gasteiger partial charge in [-0.2, -0.15) is 0 Å². The fourth-order valence-electron chi connectivity index (χ4n) is 7.64. The topological polar surface area (TPSA) is 228 Å². The smallest absolute Gasteiger partial charge is 0.220 e. The third kappa shape index (κ3) is 22.7. The molecule has 0 saturated carbocycles. The van der Waals surface area contributed by atoms with E-state index in [9.17, 15) is 45.6 Å². The van der Waals surface area contributed by atoms with E-state index < -0.39 is 86.8 Å². The highest BCUT2D eigenvalue weighted by molar-refractivity contribution is 5.76. The van der Waals surface area contributed by atoms with Gasteiger partial charge in [0.05, 0.1) is 32.0 Å². The molecule has 0 radical (unpaired) electrons. The van der Waals surface area contributed by atoms with Crippen molar-refractivity contribution in [3.05, 3.63) is 48.6 Å². The largest absolute Gasteiger partial charge is 0.394 e. The number of unbranched alkanes of at least 4 members (excludes halogenated alkanes) is 14. The molecule has 2 saturated heterocycles. The van der Waals surface area contributed by atoms with Gasteiger partial charge in [0, 0.05) is 6.42 Å². The van der Waals surface area contributed by atoms with Crippen molar-refractivity contribution in [2.24, 2.45) is 0 Å². The third-order valence-corrected chi connectivity index (χ3v) is 11.6. The minimum absolute atomic E-state index is 0.222. The Labute approximate surface area is 372 Å². The Balaban J connectivity index is 1.70. The molecule has 2 aliphatic heterocycles. The lowest BCUT2D eigenvalue weighted by atomic mass is 9.97. The van der Waals surface area contributed by atoms with Crippen molar-refractivity contribution < 1.29 is 64.6 Å². The van der Waals surface area contributed by atoms with Crippen LogP contribution in [0.3, 0.4) is 0 Å². The van der Waals surface area contributed by atoms with Gasteiger partial charge in [-0.15, -0.1) is 0 Å². The van der Waals surface area contributed by atoms with Gasteiger partial charge in [-0.3, -0.25) is 4.79 Å². The van der Waals surface area contributed by atoms with E-state index in [0.717, 1.165) is 83.5 Å². The van der Waals surface area contributed by atoms with Crippen molar-refractivity contribution in [1.82, 2.24) is 5.32 Å². The Morgan fingerprint density at radius 2 is 1.11 bits per heavy atom. The lowest BCUT2D eigenvalue weighted by Crippen LogP contribution is -2.65. The van der Waals surface area contributed by atoms with Gasteiger partial charge in [0.2, 0.25) is 5.91 Å². The van der Waals surface area contributed by atoms with E-state index in [1.807, 2.05) is 0 Å². The molecule has 0 aromatic rings. The van der Waals surface area contributed by atoms with Gasteiger partial charge in [-0.25, -0.2) is 0 Å². The van der Waals surface area contributed by atoms with Crippen LogP contribution in [0.1, 0.15) is 155 Å². The normalized spacial score (nSPS) is 28.2. The Kier molecular flexibility index (Phi) is 31.9. The van der Waals surface area contributed by atoms with Crippen LogP contribution in [-0.2, 0) is 23.7 Å². The number of ether oxygens (including phenoxy) is 4. The van der Waals surface area contributed by atoms with Crippen LogP contribution in [0.15, 0.2) is 48.6 Å². The molecule has 0 spiro atoms. The van der Waals surface area contributed by atoms with Crippen molar-refractivity contribution in [1.29, 1.82) is 0 Å². The first kappa shape index (κ1) is 56.1. The molecule has 62 heavy (non-hydrogen) atoms. The highest BCUT2D eigenvalue weighted by atomic mass is 16.7. The van der Waals surface area contributed by atoms with E-state index in [2.05, 4.69) is 67.8 Å². The molecule has 9 N–H and O–H groups in total. The van der Waals surface area contributed by atoms with Gasteiger partial charge in [0.15, 0.2) is 12.6 Å². The minimum Gasteiger partial charge on any atom is -0.394 e. The average molecular weight is 884 g/mol. The zero-order chi connectivity index (χ0) is 45.4. The molecule has 360 valence electrons. The molecule has 14 heteroatoms. The molecule has 2 aliphatic rings. The predicted octanol–water partition coefficient (Wildman–Crippen LogP) is 5.32. The second-order valence-corrected chi connectivity index (χ2v) is 16.9. The SMILES string of the molecule is CC/C=C\C/C=C\C/C=C\C/C=C\CCCCCCCCCCCCC(=O)NC(COC1OC(CO)C(OC2OC(CO)C(O)C(O)C2O)C(O)C1O)C(O)CCCCCCC. The highest BCUT2D eigenvalue weighted by Crippen LogP contribution is 2.30. The number of carbonyl (C=O) groups is 1. The molecule has 14 nitrogen and oxygen atoms in total. The second kappa shape index (κ2) is 35.2. The van der Waals surface area contributed by atoms with Gasteiger partial charge in [-0.05, 0) is 51.4 Å². The van der Waals surface area contributed by atoms with Crippen LogP contribution in [-0.4, -0.2) is 140 Å². The zero-order valence-electron chi connectivity index (χ0n) is 37.8. The molecule has 0 aliphatic carbocycles. The fraction of sp³-hybridized carbons (Fsp3) is 0.812. The number of allylic oxidation sites excluding steroid dienone is 8. The number of hydrogen-bond acceptors (Lipinski definition) is 13. The Morgan fingerprint density at radius 1 is 0.597 bits per heavy atom. The summed E-state index contributed by atoms with van der Waals surface area (Å²) in [6, 6.07) is -0.828. The van der Waals surface area contributed by atoms with Crippen molar-refractivity contribution in [2.45, 2.75) is 229 Å². The maximum absolute atomic E-state index is 13.1. The molecule has 0 aromatic carbocycles.